The van der Waals surface area contributed by atoms with Crippen LogP contribution < -0.4 is 4.74 Å². The van der Waals surface area contributed by atoms with Crippen LogP contribution >= 0.6 is 0 Å². The van der Waals surface area contributed by atoms with E-state index in [1.54, 1.807) is 0 Å². The molecule has 2 nitrogen and oxygen atoms in total. The molecule has 0 bridgehead atoms. The monoisotopic (exact) mass is 223 g/mol. The summed E-state index contributed by atoms with van der Waals surface area (Å²) < 4.78 is 6.00. The molecule has 17 heavy (non-hydrogen) atoms. The van der Waals surface area contributed by atoms with Gasteiger partial charge >= 0.3 is 0 Å². The Morgan fingerprint density at radius 3 is 2.88 bits per heavy atom. The Balaban J connectivity index is 1.92. The molecule has 1 aliphatic heterocycles. The number of benzene rings is 1. The maximum Gasteiger partial charge on any atom is 0.149 e. The molecule has 1 aromatic carbocycles. The number of hydrogen-bond donors (Lipinski definition) is 0. The van der Waals surface area contributed by atoms with Crippen LogP contribution in [0.25, 0.3) is 0 Å². The molecule has 1 fully saturated rings. The summed E-state index contributed by atoms with van der Waals surface area (Å²) in [5.74, 6) is 3.12. The van der Waals surface area contributed by atoms with Crippen molar-refractivity contribution < 1.29 is 4.74 Å². The maximum atomic E-state index is 6.00. The molecule has 84 valence electrons. The summed E-state index contributed by atoms with van der Waals surface area (Å²) >= 11 is 0. The molecule has 2 aromatic rings. The molecule has 2 heteroatoms. The Kier molecular flexibility index (Phi) is 1.68. The van der Waals surface area contributed by atoms with Crippen molar-refractivity contribution in [3.8, 4) is 11.5 Å². The number of para-hydroxylation sites is 1. The first-order valence-electron chi connectivity index (χ1n) is 6.07. The number of nitrogens with zero attached hydrogens (tertiary/aromatic N) is 1. The van der Waals surface area contributed by atoms with Crippen LogP contribution in [0.1, 0.15) is 35.2 Å². The van der Waals surface area contributed by atoms with Crippen molar-refractivity contribution in [2.75, 3.05) is 0 Å². The second-order valence-electron chi connectivity index (χ2n) is 4.92. The van der Waals surface area contributed by atoms with Crippen LogP contribution in [-0.2, 0) is 0 Å². The van der Waals surface area contributed by atoms with Crippen molar-refractivity contribution in [3.63, 3.8) is 0 Å². The van der Waals surface area contributed by atoms with Gasteiger partial charge in [0.1, 0.15) is 11.5 Å². The van der Waals surface area contributed by atoms with Gasteiger partial charge in [-0.2, -0.15) is 0 Å². The lowest BCUT2D eigenvalue weighted by molar-refractivity contribution is 0.472. The van der Waals surface area contributed by atoms with E-state index in [2.05, 4.69) is 29.2 Å². The van der Waals surface area contributed by atoms with Gasteiger partial charge in [-0.1, -0.05) is 18.2 Å². The van der Waals surface area contributed by atoms with Crippen molar-refractivity contribution in [3.05, 3.63) is 53.3 Å². The standard InChI is InChI=1S/C15H13NO/c1-9-6-7-14-15(16-9)12-8-11(12)10-4-2-3-5-13(10)17-14/h2-7,11-12H,8H2,1H3. The Morgan fingerprint density at radius 2 is 1.94 bits per heavy atom. The topological polar surface area (TPSA) is 22.1 Å². The molecule has 1 aromatic heterocycles. The fourth-order valence-corrected chi connectivity index (χ4v) is 2.76. The highest BCUT2D eigenvalue weighted by atomic mass is 16.5. The van der Waals surface area contributed by atoms with Gasteiger partial charge < -0.3 is 4.74 Å². The quantitative estimate of drug-likeness (QED) is 0.678. The SMILES string of the molecule is Cc1ccc2c(n1)C1CC1c1ccccc1O2. The first-order chi connectivity index (χ1) is 8.33. The van der Waals surface area contributed by atoms with Crippen LogP contribution in [0.3, 0.4) is 0 Å². The highest BCUT2D eigenvalue weighted by molar-refractivity contribution is 5.51. The minimum atomic E-state index is 0.563. The minimum Gasteiger partial charge on any atom is -0.455 e. The van der Waals surface area contributed by atoms with E-state index in [1.165, 1.54) is 12.0 Å². The molecule has 2 aliphatic rings. The van der Waals surface area contributed by atoms with E-state index < -0.39 is 0 Å². The highest BCUT2D eigenvalue weighted by Gasteiger charge is 2.45. The number of aryl methyl sites for hydroxylation is 1. The van der Waals surface area contributed by atoms with Crippen LogP contribution in [0.15, 0.2) is 36.4 Å². The number of pyridine rings is 1. The van der Waals surface area contributed by atoms with Gasteiger partial charge in [0, 0.05) is 11.6 Å². The molecular weight excluding hydrogens is 210 g/mol. The largest absolute Gasteiger partial charge is 0.455 e. The normalized spacial score (nSPS) is 23.8. The predicted molar refractivity (Wildman–Crippen MR) is 65.6 cm³/mol. The zero-order valence-corrected chi connectivity index (χ0v) is 9.68. The molecule has 0 spiro atoms. The molecule has 0 radical (unpaired) electrons. The van der Waals surface area contributed by atoms with E-state index in [9.17, 15) is 0 Å². The molecule has 1 aliphatic carbocycles. The number of ether oxygens (including phenoxy) is 1. The van der Waals surface area contributed by atoms with Gasteiger partial charge in [-0.15, -0.1) is 0 Å². The molecule has 2 heterocycles. The summed E-state index contributed by atoms with van der Waals surface area (Å²) in [4.78, 5) is 4.65. The summed E-state index contributed by atoms with van der Waals surface area (Å²) in [5.41, 5.74) is 3.56. The fraction of sp³-hybridized carbons (Fsp3) is 0.267. The summed E-state index contributed by atoms with van der Waals surface area (Å²) in [5, 5.41) is 0. The lowest BCUT2D eigenvalue weighted by Crippen LogP contribution is -1.94. The van der Waals surface area contributed by atoms with Gasteiger partial charge in [0.15, 0.2) is 0 Å². The van der Waals surface area contributed by atoms with Crippen LogP contribution in [0, 0.1) is 6.92 Å². The third kappa shape index (κ3) is 1.30. The lowest BCUT2D eigenvalue weighted by atomic mass is 10.1. The average Bonchev–Trinajstić information content (AvgIpc) is 3.11. The second kappa shape index (κ2) is 3.10. The molecule has 0 N–H and O–H groups in total. The summed E-state index contributed by atoms with van der Waals surface area (Å²) in [6, 6.07) is 12.4. The van der Waals surface area contributed by atoms with Crippen molar-refractivity contribution in [2.24, 2.45) is 0 Å². The Labute approximate surface area is 100 Å². The van der Waals surface area contributed by atoms with E-state index in [-0.39, 0.29) is 0 Å². The Hall–Kier alpha value is -1.83. The highest BCUT2D eigenvalue weighted by Crippen LogP contribution is 2.60. The van der Waals surface area contributed by atoms with Crippen molar-refractivity contribution in [1.29, 1.82) is 0 Å². The molecular formula is C15H13NO. The fourth-order valence-electron chi connectivity index (χ4n) is 2.76. The van der Waals surface area contributed by atoms with Crippen LogP contribution in [0.2, 0.25) is 0 Å². The van der Waals surface area contributed by atoms with E-state index in [4.69, 9.17) is 4.74 Å². The average molecular weight is 223 g/mol. The van der Waals surface area contributed by atoms with E-state index in [1.807, 2.05) is 19.1 Å². The van der Waals surface area contributed by atoms with E-state index in [0.717, 1.165) is 22.9 Å². The van der Waals surface area contributed by atoms with E-state index in [0.29, 0.717) is 11.8 Å². The smallest absolute Gasteiger partial charge is 0.149 e. The van der Waals surface area contributed by atoms with Crippen LogP contribution in [-0.4, -0.2) is 4.98 Å². The van der Waals surface area contributed by atoms with Crippen molar-refractivity contribution in [2.45, 2.75) is 25.2 Å². The third-order valence-corrected chi connectivity index (χ3v) is 3.71. The first kappa shape index (κ1) is 9.23. The predicted octanol–water partition coefficient (Wildman–Crippen LogP) is 3.77. The zero-order valence-electron chi connectivity index (χ0n) is 9.68. The molecule has 2 atom stereocenters. The molecule has 0 saturated heterocycles. The number of hydrogen-bond acceptors (Lipinski definition) is 2. The number of rotatable bonds is 0. The Morgan fingerprint density at radius 1 is 1.06 bits per heavy atom. The van der Waals surface area contributed by atoms with E-state index >= 15 is 0 Å². The van der Waals surface area contributed by atoms with Crippen LogP contribution in [0.4, 0.5) is 0 Å². The third-order valence-electron chi connectivity index (χ3n) is 3.71. The zero-order chi connectivity index (χ0) is 11.4. The van der Waals surface area contributed by atoms with Gasteiger partial charge in [-0.05, 0) is 43.0 Å². The molecule has 4 rings (SSSR count). The van der Waals surface area contributed by atoms with Crippen molar-refractivity contribution in [1.82, 2.24) is 4.98 Å². The van der Waals surface area contributed by atoms with Crippen LogP contribution in [0.5, 0.6) is 11.5 Å². The maximum absolute atomic E-state index is 6.00. The number of aromatic nitrogens is 1. The summed E-state index contributed by atoms with van der Waals surface area (Å²) in [7, 11) is 0. The van der Waals surface area contributed by atoms with Gasteiger partial charge in [0.05, 0.1) is 5.69 Å². The molecule has 1 saturated carbocycles. The summed E-state index contributed by atoms with van der Waals surface area (Å²) in [6.07, 6.45) is 1.21. The summed E-state index contributed by atoms with van der Waals surface area (Å²) in [6.45, 7) is 2.04. The van der Waals surface area contributed by atoms with Crippen molar-refractivity contribution >= 4 is 0 Å². The minimum absolute atomic E-state index is 0.563. The van der Waals surface area contributed by atoms with Gasteiger partial charge in [-0.25, -0.2) is 0 Å². The molecule has 2 unspecified atom stereocenters. The van der Waals surface area contributed by atoms with Gasteiger partial charge in [0.25, 0.3) is 0 Å². The Bertz CT molecular complexity index is 606. The molecule has 0 amide bonds. The second-order valence-corrected chi connectivity index (χ2v) is 4.92. The van der Waals surface area contributed by atoms with Gasteiger partial charge in [0.2, 0.25) is 0 Å². The lowest BCUT2D eigenvalue weighted by Gasteiger charge is -2.10. The first-order valence-corrected chi connectivity index (χ1v) is 6.07. The number of fused-ring (bicyclic) bond motifs is 5. The van der Waals surface area contributed by atoms with Gasteiger partial charge in [-0.3, -0.25) is 4.98 Å².